The standard InChI is InChI=1S/C30H27F3N6O4S/c1-18(31)29(40)39-15-30(16-39)7-9-38(10-8-30)27-22-11-19(3-5-24(22)35-17-36-27)20-12-25(28(43-2)34-14-20)37-44(41,42)26-6-4-21(32)13-23(26)33/h3-6,11-14,17,37H,1,7-10,15-16H2,2H3. The molecule has 228 valence electrons. The fourth-order valence-electron chi connectivity index (χ4n) is 5.80. The smallest absolute Gasteiger partial charge is 0.282 e. The highest BCUT2D eigenvalue weighted by Gasteiger charge is 2.47. The summed E-state index contributed by atoms with van der Waals surface area (Å²) in [6, 6.07) is 9.21. The highest BCUT2D eigenvalue weighted by atomic mass is 32.2. The van der Waals surface area contributed by atoms with Crippen molar-refractivity contribution in [2.45, 2.75) is 17.7 Å². The molecular weight excluding hydrogens is 597 g/mol. The minimum absolute atomic E-state index is 0.0379. The van der Waals surface area contributed by atoms with Gasteiger partial charge in [0.15, 0.2) is 5.83 Å². The second-order valence-electron chi connectivity index (χ2n) is 10.9. The summed E-state index contributed by atoms with van der Waals surface area (Å²) >= 11 is 0. The number of methoxy groups -OCH3 is 1. The maximum Gasteiger partial charge on any atom is 0.282 e. The molecule has 44 heavy (non-hydrogen) atoms. The van der Waals surface area contributed by atoms with Crippen molar-refractivity contribution >= 4 is 38.3 Å². The van der Waals surface area contributed by atoms with E-state index in [1.807, 2.05) is 18.2 Å². The number of benzene rings is 2. The molecule has 0 unspecified atom stereocenters. The van der Waals surface area contributed by atoms with Crippen molar-refractivity contribution < 1.29 is 31.1 Å². The van der Waals surface area contributed by atoms with Crippen LogP contribution in [0.4, 0.5) is 24.7 Å². The van der Waals surface area contributed by atoms with Crippen molar-refractivity contribution in [2.75, 3.05) is 42.9 Å². The van der Waals surface area contributed by atoms with Crippen LogP contribution in [0.25, 0.3) is 22.0 Å². The van der Waals surface area contributed by atoms with Gasteiger partial charge in [-0.25, -0.2) is 36.5 Å². The third kappa shape index (κ3) is 5.41. The third-order valence-corrected chi connectivity index (χ3v) is 9.51. The van der Waals surface area contributed by atoms with Gasteiger partial charge >= 0.3 is 0 Å². The van der Waals surface area contributed by atoms with E-state index in [4.69, 9.17) is 4.74 Å². The Labute approximate surface area is 251 Å². The zero-order valence-electron chi connectivity index (χ0n) is 23.6. The summed E-state index contributed by atoms with van der Waals surface area (Å²) in [4.78, 5) is 28.0. The molecule has 2 aliphatic heterocycles. The number of nitrogens with one attached hydrogen (secondary N) is 1. The number of ether oxygens (including phenoxy) is 1. The molecule has 4 heterocycles. The molecule has 1 amide bonds. The molecule has 0 bridgehead atoms. The van der Waals surface area contributed by atoms with Gasteiger partial charge in [-0.2, -0.15) is 0 Å². The molecule has 6 rings (SSSR count). The van der Waals surface area contributed by atoms with Gasteiger partial charge in [-0.05, 0) is 48.7 Å². The first-order valence-electron chi connectivity index (χ1n) is 13.6. The molecular formula is C30H27F3N6O4S. The molecule has 14 heteroatoms. The summed E-state index contributed by atoms with van der Waals surface area (Å²) in [5, 5.41) is 0.770. The van der Waals surface area contributed by atoms with Crippen molar-refractivity contribution in [3.8, 4) is 17.0 Å². The van der Waals surface area contributed by atoms with Crippen LogP contribution in [-0.4, -0.2) is 67.5 Å². The lowest BCUT2D eigenvalue weighted by Crippen LogP contribution is -2.62. The van der Waals surface area contributed by atoms with Gasteiger partial charge in [-0.3, -0.25) is 9.52 Å². The van der Waals surface area contributed by atoms with E-state index in [0.29, 0.717) is 48.9 Å². The number of amides is 1. The first kappa shape index (κ1) is 29.4. The largest absolute Gasteiger partial charge is 0.480 e. The fourth-order valence-corrected chi connectivity index (χ4v) is 6.91. The summed E-state index contributed by atoms with van der Waals surface area (Å²) in [6.07, 6.45) is 4.62. The van der Waals surface area contributed by atoms with E-state index in [9.17, 15) is 26.4 Å². The number of sulfonamides is 1. The van der Waals surface area contributed by atoms with Crippen LogP contribution in [0.15, 0.2) is 72.3 Å². The van der Waals surface area contributed by atoms with E-state index in [2.05, 4.69) is 31.2 Å². The van der Waals surface area contributed by atoms with Crippen LogP contribution in [0, 0.1) is 17.0 Å². The number of rotatable bonds is 7. The van der Waals surface area contributed by atoms with Gasteiger partial charge < -0.3 is 14.5 Å². The predicted octanol–water partition coefficient (Wildman–Crippen LogP) is 4.69. The number of carbonyl (C=O) groups excluding carboxylic acids is 1. The number of aromatic nitrogens is 3. The first-order chi connectivity index (χ1) is 21.0. The Bertz CT molecular complexity index is 1910. The molecule has 0 atom stereocenters. The van der Waals surface area contributed by atoms with Crippen LogP contribution in [0.5, 0.6) is 5.88 Å². The summed E-state index contributed by atoms with van der Waals surface area (Å²) < 4.78 is 74.4. The lowest BCUT2D eigenvalue weighted by Gasteiger charge is -2.54. The summed E-state index contributed by atoms with van der Waals surface area (Å²) in [7, 11) is -3.13. The number of piperidine rings is 1. The molecule has 0 radical (unpaired) electrons. The number of anilines is 2. The van der Waals surface area contributed by atoms with Gasteiger partial charge in [0, 0.05) is 54.8 Å². The predicted molar refractivity (Wildman–Crippen MR) is 157 cm³/mol. The van der Waals surface area contributed by atoms with Crippen LogP contribution in [0.3, 0.4) is 0 Å². The number of likely N-dealkylation sites (tertiary alicyclic amines) is 1. The molecule has 2 aromatic carbocycles. The molecule has 0 aliphatic carbocycles. The van der Waals surface area contributed by atoms with Crippen LogP contribution in [0.1, 0.15) is 12.8 Å². The van der Waals surface area contributed by atoms with Crippen LogP contribution in [-0.2, 0) is 14.8 Å². The minimum Gasteiger partial charge on any atom is -0.480 e. The topological polar surface area (TPSA) is 118 Å². The molecule has 2 aliphatic rings. The number of hydrogen-bond donors (Lipinski definition) is 1. The molecule has 1 N–H and O–H groups in total. The van der Waals surface area contributed by atoms with Crippen LogP contribution in [0.2, 0.25) is 0 Å². The number of halogens is 3. The second-order valence-corrected chi connectivity index (χ2v) is 12.6. The summed E-state index contributed by atoms with van der Waals surface area (Å²) in [6.45, 7) is 5.48. The van der Waals surface area contributed by atoms with Crippen molar-refractivity contribution in [1.82, 2.24) is 19.9 Å². The van der Waals surface area contributed by atoms with Gasteiger partial charge in [0.05, 0.1) is 12.6 Å². The number of pyridine rings is 1. The lowest BCUT2D eigenvalue weighted by atomic mass is 9.72. The Balaban J connectivity index is 1.26. The molecule has 2 aromatic heterocycles. The summed E-state index contributed by atoms with van der Waals surface area (Å²) in [5.41, 5.74) is 1.83. The van der Waals surface area contributed by atoms with Gasteiger partial charge in [0.2, 0.25) is 5.88 Å². The van der Waals surface area contributed by atoms with Gasteiger partial charge in [-0.1, -0.05) is 12.6 Å². The van der Waals surface area contributed by atoms with Crippen molar-refractivity contribution in [3.05, 3.63) is 79.0 Å². The first-order valence-corrected chi connectivity index (χ1v) is 15.1. The van der Waals surface area contributed by atoms with E-state index in [-0.39, 0.29) is 17.0 Å². The van der Waals surface area contributed by atoms with Gasteiger partial charge in [0.25, 0.3) is 15.9 Å². The van der Waals surface area contributed by atoms with Crippen molar-refractivity contribution in [3.63, 3.8) is 0 Å². The third-order valence-electron chi connectivity index (χ3n) is 8.12. The van der Waals surface area contributed by atoms with Crippen molar-refractivity contribution in [2.24, 2.45) is 5.41 Å². The molecule has 2 saturated heterocycles. The maximum atomic E-state index is 14.3. The fraction of sp³-hybridized carbons (Fsp3) is 0.267. The van der Waals surface area contributed by atoms with Gasteiger partial charge in [-0.15, -0.1) is 0 Å². The lowest BCUT2D eigenvalue weighted by molar-refractivity contribution is -0.142. The van der Waals surface area contributed by atoms with E-state index >= 15 is 0 Å². The van der Waals surface area contributed by atoms with E-state index in [1.165, 1.54) is 30.6 Å². The Kier molecular flexibility index (Phi) is 7.40. The Morgan fingerprint density at radius 2 is 1.77 bits per heavy atom. The molecule has 2 fully saturated rings. The average molecular weight is 625 g/mol. The van der Waals surface area contributed by atoms with E-state index in [0.717, 1.165) is 36.2 Å². The average Bonchev–Trinajstić information content (AvgIpc) is 2.98. The van der Waals surface area contributed by atoms with Gasteiger partial charge in [0.1, 0.15) is 34.4 Å². The minimum atomic E-state index is -4.45. The van der Waals surface area contributed by atoms with Crippen LogP contribution < -0.4 is 14.4 Å². The second kappa shape index (κ2) is 11.1. The number of carbonyl (C=O) groups is 1. The Hall–Kier alpha value is -4.72. The monoisotopic (exact) mass is 624 g/mol. The summed E-state index contributed by atoms with van der Waals surface area (Å²) in [5.74, 6) is -3.06. The maximum absolute atomic E-state index is 14.3. The Morgan fingerprint density at radius 1 is 1.02 bits per heavy atom. The quantitative estimate of drug-likeness (QED) is 0.295. The molecule has 10 nitrogen and oxygen atoms in total. The molecule has 0 saturated carbocycles. The van der Waals surface area contributed by atoms with Crippen molar-refractivity contribution in [1.29, 1.82) is 0 Å². The highest BCUT2D eigenvalue weighted by molar-refractivity contribution is 7.92. The van der Waals surface area contributed by atoms with E-state index in [1.54, 1.807) is 0 Å². The number of fused-ring (bicyclic) bond motifs is 1. The zero-order chi connectivity index (χ0) is 31.2. The molecule has 4 aromatic rings. The molecule has 1 spiro atoms. The number of hydrogen-bond acceptors (Lipinski definition) is 8. The Morgan fingerprint density at radius 3 is 2.45 bits per heavy atom. The SMILES string of the molecule is C=C(F)C(=O)N1CC2(CCN(c3ncnc4ccc(-c5cnc(OC)c(NS(=O)(=O)c6ccc(F)cc6F)c5)cc34)CC2)C1. The van der Waals surface area contributed by atoms with E-state index < -0.39 is 38.3 Å². The van der Waals surface area contributed by atoms with Crippen LogP contribution >= 0.6 is 0 Å². The normalized spacial score (nSPS) is 16.1. The number of nitrogens with zero attached hydrogens (tertiary/aromatic N) is 5. The highest BCUT2D eigenvalue weighted by Crippen LogP contribution is 2.42. The zero-order valence-corrected chi connectivity index (χ0v) is 24.4.